The van der Waals surface area contributed by atoms with Gasteiger partial charge in [-0.1, -0.05) is 30.3 Å². The second-order valence-electron chi connectivity index (χ2n) is 3.85. The van der Waals surface area contributed by atoms with Gasteiger partial charge >= 0.3 is 5.97 Å². The van der Waals surface area contributed by atoms with Crippen LogP contribution >= 0.6 is 0 Å². The van der Waals surface area contributed by atoms with Crippen LogP contribution in [-0.4, -0.2) is 16.2 Å². The van der Waals surface area contributed by atoms with Crippen molar-refractivity contribution in [3.63, 3.8) is 0 Å². The summed E-state index contributed by atoms with van der Waals surface area (Å²) < 4.78 is 13.6. The Kier molecular flexibility index (Phi) is 3.39. The summed E-state index contributed by atoms with van der Waals surface area (Å²) in [6.45, 7) is 0. The number of aromatic carboxylic acids is 1. The molecule has 4 heteroatoms. The summed E-state index contributed by atoms with van der Waals surface area (Å²) in [6.07, 6.45) is -1.18. The summed E-state index contributed by atoms with van der Waals surface area (Å²) in [6, 6.07) is 11.9. The lowest BCUT2D eigenvalue weighted by atomic mass is 9.99. The number of carboxylic acid groups (broad SMARTS) is 1. The Morgan fingerprint density at radius 2 is 1.78 bits per heavy atom. The maximum absolute atomic E-state index is 13.6. The number of hydrogen-bond acceptors (Lipinski definition) is 2. The molecule has 0 fully saturated rings. The van der Waals surface area contributed by atoms with Crippen molar-refractivity contribution in [2.45, 2.75) is 6.10 Å². The molecule has 1 unspecified atom stereocenters. The summed E-state index contributed by atoms with van der Waals surface area (Å²) in [5, 5.41) is 18.9. The Morgan fingerprint density at radius 1 is 1.11 bits per heavy atom. The zero-order valence-corrected chi connectivity index (χ0v) is 9.38. The van der Waals surface area contributed by atoms with Gasteiger partial charge in [0.1, 0.15) is 11.9 Å². The number of carbonyl (C=O) groups is 1. The molecule has 0 spiro atoms. The van der Waals surface area contributed by atoms with Crippen LogP contribution in [0.4, 0.5) is 4.39 Å². The third kappa shape index (κ3) is 2.38. The van der Waals surface area contributed by atoms with Crippen molar-refractivity contribution in [3.8, 4) is 0 Å². The highest BCUT2D eigenvalue weighted by atomic mass is 19.1. The Hall–Kier alpha value is -2.20. The molecular formula is C14H11FO3. The van der Waals surface area contributed by atoms with Gasteiger partial charge in [-0.2, -0.15) is 0 Å². The van der Waals surface area contributed by atoms with Crippen molar-refractivity contribution in [1.82, 2.24) is 0 Å². The molecule has 92 valence electrons. The first-order valence-corrected chi connectivity index (χ1v) is 5.35. The maximum Gasteiger partial charge on any atom is 0.335 e. The van der Waals surface area contributed by atoms with Crippen LogP contribution in [-0.2, 0) is 0 Å². The van der Waals surface area contributed by atoms with Crippen molar-refractivity contribution in [1.29, 1.82) is 0 Å². The van der Waals surface area contributed by atoms with Crippen LogP contribution in [0.2, 0.25) is 0 Å². The van der Waals surface area contributed by atoms with E-state index in [-0.39, 0.29) is 11.1 Å². The van der Waals surface area contributed by atoms with Crippen LogP contribution in [0, 0.1) is 5.82 Å². The standard InChI is InChI=1S/C14H11FO3/c15-12-7-6-10(14(17)18)8-11(12)13(16)9-4-2-1-3-5-9/h1-8,13,16H,(H,17,18). The van der Waals surface area contributed by atoms with Crippen LogP contribution in [0.15, 0.2) is 48.5 Å². The lowest BCUT2D eigenvalue weighted by Gasteiger charge is -2.12. The fraction of sp³-hybridized carbons (Fsp3) is 0.0714. The Morgan fingerprint density at radius 3 is 2.39 bits per heavy atom. The molecule has 0 heterocycles. The highest BCUT2D eigenvalue weighted by molar-refractivity contribution is 5.87. The van der Waals surface area contributed by atoms with Gasteiger partial charge in [-0.15, -0.1) is 0 Å². The van der Waals surface area contributed by atoms with Crippen molar-refractivity contribution in [2.75, 3.05) is 0 Å². The molecule has 0 radical (unpaired) electrons. The number of halogens is 1. The molecule has 0 aliphatic heterocycles. The van der Waals surface area contributed by atoms with E-state index in [2.05, 4.69) is 0 Å². The topological polar surface area (TPSA) is 57.5 Å². The number of carboxylic acids is 1. The Balaban J connectivity index is 2.44. The van der Waals surface area contributed by atoms with Gasteiger partial charge in [-0.25, -0.2) is 9.18 Å². The molecule has 18 heavy (non-hydrogen) atoms. The number of aliphatic hydroxyl groups is 1. The van der Waals surface area contributed by atoms with E-state index in [1.807, 2.05) is 0 Å². The minimum absolute atomic E-state index is 0.0406. The van der Waals surface area contributed by atoms with Gasteiger partial charge in [0.2, 0.25) is 0 Å². The molecule has 3 nitrogen and oxygen atoms in total. The molecule has 0 aliphatic carbocycles. The van der Waals surface area contributed by atoms with E-state index in [0.29, 0.717) is 5.56 Å². The summed E-state index contributed by atoms with van der Waals surface area (Å²) in [4.78, 5) is 10.8. The molecule has 0 saturated heterocycles. The summed E-state index contributed by atoms with van der Waals surface area (Å²) in [7, 11) is 0. The maximum atomic E-state index is 13.6. The lowest BCUT2D eigenvalue weighted by molar-refractivity contribution is 0.0696. The highest BCUT2D eigenvalue weighted by Crippen LogP contribution is 2.25. The third-order valence-corrected chi connectivity index (χ3v) is 2.65. The molecule has 1 atom stereocenters. The molecule has 2 aromatic rings. The molecule has 0 saturated carbocycles. The van der Waals surface area contributed by atoms with Crippen LogP contribution < -0.4 is 0 Å². The SMILES string of the molecule is O=C(O)c1ccc(F)c(C(O)c2ccccc2)c1. The van der Waals surface area contributed by atoms with Gasteiger partial charge < -0.3 is 10.2 Å². The molecular weight excluding hydrogens is 235 g/mol. The minimum Gasteiger partial charge on any atom is -0.478 e. The van der Waals surface area contributed by atoms with E-state index in [0.717, 1.165) is 12.1 Å². The fourth-order valence-corrected chi connectivity index (χ4v) is 1.70. The fourth-order valence-electron chi connectivity index (χ4n) is 1.70. The van der Waals surface area contributed by atoms with Gasteiger partial charge in [-0.05, 0) is 23.8 Å². The average molecular weight is 246 g/mol. The first-order chi connectivity index (χ1) is 8.59. The largest absolute Gasteiger partial charge is 0.478 e. The van der Waals surface area contributed by atoms with Crippen LogP contribution in [0.3, 0.4) is 0 Å². The molecule has 0 aromatic heterocycles. The third-order valence-electron chi connectivity index (χ3n) is 2.65. The summed E-state index contributed by atoms with van der Waals surface area (Å²) >= 11 is 0. The number of benzene rings is 2. The van der Waals surface area contributed by atoms with Gasteiger partial charge in [0.15, 0.2) is 0 Å². The van der Waals surface area contributed by atoms with Crippen LogP contribution in [0.1, 0.15) is 27.6 Å². The van der Waals surface area contributed by atoms with Crippen molar-refractivity contribution < 1.29 is 19.4 Å². The van der Waals surface area contributed by atoms with Crippen LogP contribution in [0.25, 0.3) is 0 Å². The lowest BCUT2D eigenvalue weighted by Crippen LogP contribution is -2.05. The van der Waals surface area contributed by atoms with Gasteiger partial charge in [0.05, 0.1) is 5.56 Å². The molecule has 2 rings (SSSR count). The van der Waals surface area contributed by atoms with Crippen LogP contribution in [0.5, 0.6) is 0 Å². The number of aliphatic hydroxyl groups excluding tert-OH is 1. The first-order valence-electron chi connectivity index (χ1n) is 5.35. The molecule has 0 aliphatic rings. The molecule has 0 bridgehead atoms. The van der Waals surface area contributed by atoms with Crippen molar-refractivity contribution in [2.24, 2.45) is 0 Å². The van der Waals surface area contributed by atoms with Gasteiger partial charge in [0.25, 0.3) is 0 Å². The molecule has 2 aromatic carbocycles. The van der Waals surface area contributed by atoms with E-state index in [4.69, 9.17) is 5.11 Å². The van der Waals surface area contributed by atoms with E-state index in [1.165, 1.54) is 6.07 Å². The smallest absolute Gasteiger partial charge is 0.335 e. The Labute approximate surface area is 103 Å². The van der Waals surface area contributed by atoms with Crippen molar-refractivity contribution >= 4 is 5.97 Å². The van der Waals surface area contributed by atoms with E-state index < -0.39 is 17.9 Å². The normalized spacial score (nSPS) is 12.1. The average Bonchev–Trinajstić information content (AvgIpc) is 2.39. The Bertz CT molecular complexity index is 567. The zero-order valence-electron chi connectivity index (χ0n) is 9.38. The highest BCUT2D eigenvalue weighted by Gasteiger charge is 2.17. The first kappa shape index (κ1) is 12.3. The number of hydrogen-bond donors (Lipinski definition) is 2. The second-order valence-corrected chi connectivity index (χ2v) is 3.85. The second kappa shape index (κ2) is 4.98. The molecule has 0 amide bonds. The molecule has 2 N–H and O–H groups in total. The zero-order chi connectivity index (χ0) is 13.1. The minimum atomic E-state index is -1.18. The quantitative estimate of drug-likeness (QED) is 0.875. The van der Waals surface area contributed by atoms with E-state index >= 15 is 0 Å². The van der Waals surface area contributed by atoms with E-state index in [1.54, 1.807) is 30.3 Å². The van der Waals surface area contributed by atoms with Gasteiger partial charge in [-0.3, -0.25) is 0 Å². The number of rotatable bonds is 3. The summed E-state index contributed by atoms with van der Waals surface area (Å²) in [5.41, 5.74) is 0.418. The van der Waals surface area contributed by atoms with E-state index in [9.17, 15) is 14.3 Å². The predicted molar refractivity (Wildman–Crippen MR) is 63.9 cm³/mol. The monoisotopic (exact) mass is 246 g/mol. The summed E-state index contributed by atoms with van der Waals surface area (Å²) in [5.74, 6) is -1.78. The van der Waals surface area contributed by atoms with Crippen molar-refractivity contribution in [3.05, 3.63) is 71.0 Å². The van der Waals surface area contributed by atoms with Gasteiger partial charge in [0, 0.05) is 5.56 Å². The predicted octanol–water partition coefficient (Wildman–Crippen LogP) is 2.61.